The highest BCUT2D eigenvalue weighted by Crippen LogP contribution is 2.65. The minimum atomic E-state index is -4.75. The molecule has 2 aliphatic carbocycles. The average molecular weight is 716 g/mol. The lowest BCUT2D eigenvalue weighted by molar-refractivity contribution is -0.140. The van der Waals surface area contributed by atoms with E-state index in [1.165, 1.54) is 26.3 Å². The molecule has 10 nitrogen and oxygen atoms in total. The van der Waals surface area contributed by atoms with E-state index in [0.717, 1.165) is 4.90 Å². The Kier molecular flexibility index (Phi) is 7.71. The number of nitrogens with zero attached hydrogens (tertiary/aromatic N) is 3. The van der Waals surface area contributed by atoms with Crippen LogP contribution < -0.4 is 10.2 Å². The fourth-order valence-electron chi connectivity index (χ4n) is 8.18. The summed E-state index contributed by atoms with van der Waals surface area (Å²) in [6, 6.07) is 11.4. The maximum atomic E-state index is 15.1. The van der Waals surface area contributed by atoms with Crippen LogP contribution in [0.4, 0.5) is 19.0 Å². The minimum Gasteiger partial charge on any atom is -0.508 e. The second-order valence-electron chi connectivity index (χ2n) is 12.6. The summed E-state index contributed by atoms with van der Waals surface area (Å²) in [7, 11) is 2.84. The maximum absolute atomic E-state index is 15.1. The largest absolute Gasteiger partial charge is 0.508 e. The number of aromatic nitrogens is 1. The minimum absolute atomic E-state index is 0.0410. The number of likely N-dealkylation sites (tertiary alicyclic amines) is 1. The van der Waals surface area contributed by atoms with Crippen LogP contribution in [-0.4, -0.2) is 57.8 Å². The van der Waals surface area contributed by atoms with E-state index >= 15 is 4.79 Å². The van der Waals surface area contributed by atoms with Crippen molar-refractivity contribution in [3.63, 3.8) is 0 Å². The number of ether oxygens (including phenoxy) is 1. The number of hydrogen-bond donors (Lipinski definition) is 2. The molecule has 4 amide bonds. The standard InChI is InChI=1S/C34H27Cl2F3N4O6/c1-42-29(45)20-9-8-19-21(26(20)31(42)47)13-23-30(46)43(41-28-24(36)11-16(14-40-28)34(37,38)39)32(48)33(23,15-3-5-17(35)6-4-15)27(19)22-12-18(49-2)7-10-25(22)44/h3-8,10-12,14,20-21,23,26-27,44H,9,13H2,1-2H3,(H,40,41)/t20-,21+,23-,26-,27+,33+/m0/s1. The number of phenols is 1. The van der Waals surface area contributed by atoms with Gasteiger partial charge in [0.2, 0.25) is 11.8 Å². The number of allylic oxidation sites excluding steroid dienone is 2. The average Bonchev–Trinajstić information content (AvgIpc) is 3.42. The second kappa shape index (κ2) is 11.5. The summed E-state index contributed by atoms with van der Waals surface area (Å²) in [6.45, 7) is 0. The SMILES string of the molecule is COc1ccc(O)c([C@H]2C3=CC[C@@H]4C(=O)N(C)C(=O)[C@@H]4[C@@H]3C[C@H]3C(=O)N(Nc4ncc(C(F)(F)F)cc4Cl)C(=O)[C@@]23c2ccc(Cl)cc2)c1. The van der Waals surface area contributed by atoms with Crippen LogP contribution in [0, 0.1) is 23.7 Å². The van der Waals surface area contributed by atoms with E-state index in [0.29, 0.717) is 39.2 Å². The number of aromatic hydroxyl groups is 1. The monoisotopic (exact) mass is 714 g/mol. The molecule has 2 aromatic carbocycles. The zero-order valence-corrected chi connectivity index (χ0v) is 27.3. The number of anilines is 1. The van der Waals surface area contributed by atoms with Gasteiger partial charge in [-0.2, -0.15) is 18.2 Å². The van der Waals surface area contributed by atoms with Gasteiger partial charge in [-0.15, -0.1) is 0 Å². The van der Waals surface area contributed by atoms with Gasteiger partial charge in [-0.05, 0) is 60.7 Å². The quantitative estimate of drug-likeness (QED) is 0.253. The lowest BCUT2D eigenvalue weighted by Crippen LogP contribution is -2.53. The van der Waals surface area contributed by atoms with Crippen molar-refractivity contribution in [2.75, 3.05) is 19.6 Å². The number of phenolic OH excluding ortho intramolecular Hbond substituents is 1. The number of rotatable bonds is 5. The van der Waals surface area contributed by atoms with E-state index in [1.807, 2.05) is 6.08 Å². The number of carbonyl (C=O) groups is 4. The molecule has 49 heavy (non-hydrogen) atoms. The lowest BCUT2D eigenvalue weighted by atomic mass is 9.49. The number of halogens is 5. The molecule has 0 unspecified atom stereocenters. The van der Waals surface area contributed by atoms with Crippen LogP contribution in [0.2, 0.25) is 10.0 Å². The smallest absolute Gasteiger partial charge is 0.417 e. The maximum Gasteiger partial charge on any atom is 0.417 e. The van der Waals surface area contributed by atoms with Gasteiger partial charge in [-0.1, -0.05) is 47.0 Å². The van der Waals surface area contributed by atoms with Crippen LogP contribution in [0.3, 0.4) is 0 Å². The molecule has 3 heterocycles. The number of imide groups is 2. The molecule has 4 aliphatic rings. The van der Waals surface area contributed by atoms with Crippen molar-refractivity contribution in [3.8, 4) is 11.5 Å². The Balaban J connectivity index is 1.46. The Morgan fingerprint density at radius 2 is 1.71 bits per heavy atom. The predicted molar refractivity (Wildman–Crippen MR) is 169 cm³/mol. The molecule has 2 saturated heterocycles. The van der Waals surface area contributed by atoms with E-state index in [1.54, 1.807) is 30.3 Å². The Hall–Kier alpha value is -4.62. The number of benzene rings is 2. The van der Waals surface area contributed by atoms with Crippen molar-refractivity contribution < 1.29 is 42.2 Å². The molecule has 0 bridgehead atoms. The van der Waals surface area contributed by atoms with E-state index in [2.05, 4.69) is 10.4 Å². The highest BCUT2D eigenvalue weighted by molar-refractivity contribution is 6.33. The fourth-order valence-corrected chi connectivity index (χ4v) is 8.51. The van der Waals surface area contributed by atoms with Crippen LogP contribution in [0.1, 0.15) is 35.4 Å². The normalized spacial score (nSPS) is 27.9. The molecule has 2 N–H and O–H groups in total. The third-order valence-corrected chi connectivity index (χ3v) is 10.9. The van der Waals surface area contributed by atoms with Crippen LogP contribution in [0.25, 0.3) is 0 Å². The summed E-state index contributed by atoms with van der Waals surface area (Å²) in [5.41, 5.74) is 0.823. The highest BCUT2D eigenvalue weighted by Gasteiger charge is 2.70. The van der Waals surface area contributed by atoms with Crippen LogP contribution in [0.5, 0.6) is 11.5 Å². The van der Waals surface area contributed by atoms with Crippen LogP contribution in [-0.2, 0) is 30.8 Å². The lowest BCUT2D eigenvalue weighted by Gasteiger charge is -2.50. The van der Waals surface area contributed by atoms with Crippen LogP contribution >= 0.6 is 23.2 Å². The van der Waals surface area contributed by atoms with Gasteiger partial charge < -0.3 is 9.84 Å². The molecule has 2 aliphatic heterocycles. The number of alkyl halides is 3. The summed E-state index contributed by atoms with van der Waals surface area (Å²) in [4.78, 5) is 61.3. The first kappa shape index (κ1) is 32.9. The molecule has 3 fully saturated rings. The first-order chi connectivity index (χ1) is 23.2. The van der Waals surface area contributed by atoms with Gasteiger partial charge in [0.25, 0.3) is 11.8 Å². The van der Waals surface area contributed by atoms with Crippen molar-refractivity contribution in [2.45, 2.75) is 30.4 Å². The van der Waals surface area contributed by atoms with Crippen LogP contribution in [0.15, 0.2) is 66.4 Å². The predicted octanol–water partition coefficient (Wildman–Crippen LogP) is 5.74. The Labute approximate surface area is 287 Å². The zero-order chi connectivity index (χ0) is 35.2. The molecule has 254 valence electrons. The summed E-state index contributed by atoms with van der Waals surface area (Å²) in [5, 5.41) is 12.0. The molecule has 7 rings (SSSR count). The highest BCUT2D eigenvalue weighted by atomic mass is 35.5. The topological polar surface area (TPSA) is 129 Å². The van der Waals surface area contributed by atoms with Gasteiger partial charge in [0.05, 0.1) is 40.9 Å². The number of methoxy groups -OCH3 is 1. The third-order valence-electron chi connectivity index (χ3n) is 10.3. The molecule has 0 radical (unpaired) electrons. The van der Waals surface area contributed by atoms with E-state index in [-0.39, 0.29) is 35.9 Å². The van der Waals surface area contributed by atoms with Crippen molar-refractivity contribution in [3.05, 3.63) is 93.1 Å². The molecular weight excluding hydrogens is 688 g/mol. The summed E-state index contributed by atoms with van der Waals surface area (Å²) >= 11 is 12.5. The number of carbonyl (C=O) groups excluding carboxylic acids is 4. The van der Waals surface area contributed by atoms with E-state index in [9.17, 15) is 32.7 Å². The number of amides is 4. The summed E-state index contributed by atoms with van der Waals surface area (Å²) < 4.78 is 45.6. The third kappa shape index (κ3) is 4.80. The number of fused-ring (bicyclic) bond motifs is 4. The first-order valence-corrected chi connectivity index (χ1v) is 16.0. The van der Waals surface area contributed by atoms with Gasteiger partial charge in [0.1, 0.15) is 11.5 Å². The Morgan fingerprint density at radius 1 is 1.00 bits per heavy atom. The number of hydrazine groups is 1. The van der Waals surface area contributed by atoms with Gasteiger partial charge >= 0.3 is 6.18 Å². The number of hydrogen-bond acceptors (Lipinski definition) is 8. The summed E-state index contributed by atoms with van der Waals surface area (Å²) in [5.74, 6) is -7.06. The molecule has 0 spiro atoms. The molecule has 6 atom stereocenters. The van der Waals surface area contributed by atoms with Gasteiger partial charge in [-0.3, -0.25) is 29.5 Å². The molecular formula is C34H27Cl2F3N4O6. The van der Waals surface area contributed by atoms with E-state index < -0.39 is 69.5 Å². The van der Waals surface area contributed by atoms with Crippen molar-refractivity contribution in [1.29, 1.82) is 0 Å². The van der Waals surface area contributed by atoms with Gasteiger partial charge in [0, 0.05) is 29.7 Å². The van der Waals surface area contributed by atoms with Crippen molar-refractivity contribution >= 4 is 52.6 Å². The molecule has 1 aromatic heterocycles. The fraction of sp³-hybridized carbons (Fsp3) is 0.324. The van der Waals surface area contributed by atoms with Crippen molar-refractivity contribution in [2.24, 2.45) is 23.7 Å². The number of pyridine rings is 1. The molecule has 1 saturated carbocycles. The van der Waals surface area contributed by atoms with Crippen molar-refractivity contribution in [1.82, 2.24) is 14.9 Å². The molecule has 3 aromatic rings. The second-order valence-corrected chi connectivity index (χ2v) is 13.4. The zero-order valence-electron chi connectivity index (χ0n) is 25.8. The van der Waals surface area contributed by atoms with Gasteiger partial charge in [-0.25, -0.2) is 4.98 Å². The van der Waals surface area contributed by atoms with E-state index in [4.69, 9.17) is 27.9 Å². The van der Waals surface area contributed by atoms with Gasteiger partial charge in [0.15, 0.2) is 5.82 Å². The molecule has 15 heteroatoms. The number of nitrogens with one attached hydrogen (secondary N) is 1. The first-order valence-electron chi connectivity index (χ1n) is 15.2. The summed E-state index contributed by atoms with van der Waals surface area (Å²) in [6.07, 6.45) is -2.26. The Morgan fingerprint density at radius 3 is 2.37 bits per heavy atom. The Bertz CT molecular complexity index is 1970.